The van der Waals surface area contributed by atoms with Crippen LogP contribution in [0.2, 0.25) is 0 Å². The molecule has 14 aromatic rings. The lowest BCUT2D eigenvalue weighted by Crippen LogP contribution is -2.28. The van der Waals surface area contributed by atoms with Gasteiger partial charge in [0.1, 0.15) is 11.5 Å². The third-order valence-electron chi connectivity index (χ3n) is 18.7. The lowest BCUT2D eigenvalue weighted by molar-refractivity contribution is 0.452. The maximum Gasteiger partial charge on any atom is 0.135 e. The quantitative estimate of drug-likeness (QED) is 0.128. The first-order valence-corrected chi connectivity index (χ1v) is 32.4. The summed E-state index contributed by atoms with van der Waals surface area (Å²) in [4.78, 5) is 12.3. The van der Waals surface area contributed by atoms with Gasteiger partial charge in [-0.1, -0.05) is 242 Å². The van der Waals surface area contributed by atoms with Gasteiger partial charge in [-0.15, -0.1) is 0 Å². The van der Waals surface area contributed by atoms with Gasteiger partial charge in [0, 0.05) is 84.1 Å². The fourth-order valence-corrected chi connectivity index (χ4v) is 15.9. The number of fused-ring (bicyclic) bond motifs is 8. The summed E-state index contributed by atoms with van der Waals surface area (Å²) < 4.78 is 7.31. The van der Waals surface area contributed by atoms with E-state index in [-0.39, 0.29) is 11.8 Å². The van der Waals surface area contributed by atoms with Gasteiger partial charge in [-0.3, -0.25) is 0 Å². The van der Waals surface area contributed by atoms with Gasteiger partial charge in [0.2, 0.25) is 0 Å². The Kier molecular flexibility index (Phi) is 12.9. The van der Waals surface area contributed by atoms with E-state index >= 15 is 0 Å². The van der Waals surface area contributed by atoms with Gasteiger partial charge in [-0.2, -0.15) is 0 Å². The predicted octanol–water partition coefficient (Wildman–Crippen LogP) is 24.1. The number of hydrogen-bond donors (Lipinski definition) is 0. The van der Waals surface area contributed by atoms with Gasteiger partial charge in [0.25, 0.3) is 0 Å². The molecule has 4 aliphatic heterocycles. The summed E-state index contributed by atoms with van der Waals surface area (Å²) in [6.07, 6.45) is 0. The van der Waals surface area contributed by atoms with Crippen LogP contribution in [-0.2, 0) is 0 Å². The molecule has 4 heterocycles. The van der Waals surface area contributed by atoms with Crippen LogP contribution in [0.15, 0.2) is 350 Å². The number of hydrogen-bond acceptors (Lipinski definition) is 6. The number of anilines is 12. The van der Waals surface area contributed by atoms with E-state index in [2.05, 4.69) is 359 Å². The van der Waals surface area contributed by atoms with Crippen molar-refractivity contribution in [1.29, 1.82) is 0 Å². The molecule has 0 radical (unpaired) electrons. The summed E-state index contributed by atoms with van der Waals surface area (Å²) in [5, 5.41) is 0. The Balaban J connectivity index is 0.897. The Morgan fingerprint density at radius 2 is 0.761 bits per heavy atom. The van der Waals surface area contributed by atoms with E-state index in [1.165, 1.54) is 48.7 Å². The Hall–Kier alpha value is -11.6. The van der Waals surface area contributed by atoms with E-state index < -0.39 is 0 Å². The van der Waals surface area contributed by atoms with Gasteiger partial charge < -0.3 is 24.3 Å². The van der Waals surface area contributed by atoms with Crippen molar-refractivity contribution in [2.75, 3.05) is 19.6 Å². The monoisotopic (exact) mass is 1190 g/mol. The van der Waals surface area contributed by atoms with Crippen molar-refractivity contribution in [2.24, 2.45) is 0 Å². The average Bonchev–Trinajstić information content (AvgIpc) is 0.698. The molecule has 0 saturated heterocycles. The molecule has 2 unspecified atom stereocenters. The summed E-state index contributed by atoms with van der Waals surface area (Å²) in [6, 6.07) is 124. The van der Waals surface area contributed by atoms with Crippen LogP contribution in [0.3, 0.4) is 0 Å². The third-order valence-corrected chi connectivity index (χ3v) is 19.8. The maximum atomic E-state index is 7.31. The number of rotatable bonds is 11. The van der Waals surface area contributed by atoms with E-state index in [9.17, 15) is 0 Å². The molecule has 18 rings (SSSR count). The smallest absolute Gasteiger partial charge is 0.135 e. The molecular weight excluding hydrogens is 1140 g/mol. The molecule has 0 spiro atoms. The van der Waals surface area contributed by atoms with Crippen molar-refractivity contribution in [3.8, 4) is 44.9 Å². The molecule has 0 aliphatic carbocycles. The minimum atomic E-state index is -0.164. The van der Waals surface area contributed by atoms with Gasteiger partial charge in [0.15, 0.2) is 0 Å². The van der Waals surface area contributed by atoms with Crippen LogP contribution in [0, 0.1) is 0 Å². The SMILES string of the molecule is c1ccc(-c2ccc(N(c3cccc(-c4ccccc4)c3)c3cc4c5c(c3)N(c3ccccc3)c3ccccc3C5c3cc5c(cc3S4)N(c3ccccc3-c3ccccc3)c3cc(N(c4ccccc4)c4ccccc4)cc4c3C5c3ccccc3O4)cc2)cc1. The lowest BCUT2D eigenvalue weighted by atomic mass is 9.74. The largest absolute Gasteiger partial charge is 0.457 e. The first-order chi connectivity index (χ1) is 45.6. The minimum absolute atomic E-state index is 0.111. The summed E-state index contributed by atoms with van der Waals surface area (Å²) in [5.41, 5.74) is 27.4. The highest BCUT2D eigenvalue weighted by molar-refractivity contribution is 7.99. The molecule has 5 nitrogen and oxygen atoms in total. The molecule has 4 aliphatic rings. The zero-order valence-electron chi connectivity index (χ0n) is 50.1. The van der Waals surface area contributed by atoms with Crippen molar-refractivity contribution in [2.45, 2.75) is 21.6 Å². The second-order valence-corrected chi connectivity index (χ2v) is 25.0. The van der Waals surface area contributed by atoms with E-state index in [1.807, 2.05) is 11.8 Å². The number of ether oxygens (including phenoxy) is 1. The molecule has 0 fully saturated rings. The summed E-state index contributed by atoms with van der Waals surface area (Å²) >= 11 is 1.90. The van der Waals surface area contributed by atoms with Crippen molar-refractivity contribution in [3.63, 3.8) is 0 Å². The van der Waals surface area contributed by atoms with Crippen LogP contribution in [-0.4, -0.2) is 0 Å². The van der Waals surface area contributed by atoms with Gasteiger partial charge in [0.05, 0.1) is 34.1 Å². The zero-order chi connectivity index (χ0) is 60.6. The lowest BCUT2D eigenvalue weighted by Gasteiger charge is -2.45. The van der Waals surface area contributed by atoms with Crippen LogP contribution < -0.4 is 24.3 Å². The van der Waals surface area contributed by atoms with Gasteiger partial charge in [-0.25, -0.2) is 0 Å². The van der Waals surface area contributed by atoms with E-state index in [4.69, 9.17) is 4.74 Å². The first-order valence-electron chi connectivity index (χ1n) is 31.5. The third kappa shape index (κ3) is 8.93. The van der Waals surface area contributed by atoms with E-state index in [0.29, 0.717) is 0 Å². The van der Waals surface area contributed by atoms with Crippen LogP contribution >= 0.6 is 11.8 Å². The number of para-hydroxylation sites is 6. The molecule has 0 saturated carbocycles. The molecule has 2 atom stereocenters. The van der Waals surface area contributed by atoms with E-state index in [0.717, 1.165) is 108 Å². The predicted molar refractivity (Wildman–Crippen MR) is 380 cm³/mol. The molecule has 0 aromatic heterocycles. The fourth-order valence-electron chi connectivity index (χ4n) is 14.7. The van der Waals surface area contributed by atoms with Crippen molar-refractivity contribution in [3.05, 3.63) is 373 Å². The second-order valence-electron chi connectivity index (χ2n) is 23.9. The molecule has 14 aromatic carbocycles. The maximum absolute atomic E-state index is 7.31. The van der Waals surface area contributed by atoms with Crippen LogP contribution in [0.25, 0.3) is 33.4 Å². The standard InChI is InChI=1S/C86H58N4OS/c1-7-26-57(27-8-1)59-46-48-65(49-47-59)88(66-39-25-32-61(50-66)58-28-9-2-10-29-58)68-52-78-86-82(54-68)92-81-56-76-72(55-73(81)83(86)70-41-20-23-44-75(70)89(78)64-37-17-6-18-38-64)84-71-42-21-24-45-79(71)91-80-53-67(87(62-33-13-4-14-34-62)63-35-15-5-16-36-63)51-77(85(80)84)90(76)74-43-22-19-40-69(74)60-30-11-3-12-31-60/h1-56,83-84H. The van der Waals surface area contributed by atoms with Crippen LogP contribution in [0.5, 0.6) is 11.5 Å². The number of benzene rings is 14. The highest BCUT2D eigenvalue weighted by atomic mass is 32.2. The average molecular weight is 1200 g/mol. The van der Waals surface area contributed by atoms with Crippen LogP contribution in [0.4, 0.5) is 68.2 Å². The summed E-state index contributed by atoms with van der Waals surface area (Å²) in [7, 11) is 0. The highest BCUT2D eigenvalue weighted by Gasteiger charge is 2.45. The molecule has 92 heavy (non-hydrogen) atoms. The normalized spacial score (nSPS) is 14.3. The first kappa shape index (κ1) is 53.5. The van der Waals surface area contributed by atoms with Crippen molar-refractivity contribution < 1.29 is 4.74 Å². The van der Waals surface area contributed by atoms with Crippen molar-refractivity contribution >= 4 is 80.0 Å². The molecule has 0 bridgehead atoms. The molecular formula is C86H58N4OS. The molecule has 434 valence electrons. The molecule has 0 N–H and O–H groups in total. The van der Waals surface area contributed by atoms with E-state index in [1.54, 1.807) is 0 Å². The fraction of sp³-hybridized carbons (Fsp3) is 0.0233. The Morgan fingerprint density at radius 1 is 0.261 bits per heavy atom. The zero-order valence-corrected chi connectivity index (χ0v) is 50.9. The minimum Gasteiger partial charge on any atom is -0.457 e. The Bertz CT molecular complexity index is 5090. The number of nitrogens with zero attached hydrogens (tertiary/aromatic N) is 4. The van der Waals surface area contributed by atoms with Gasteiger partial charge >= 0.3 is 0 Å². The van der Waals surface area contributed by atoms with Crippen molar-refractivity contribution in [1.82, 2.24) is 0 Å². The summed E-state index contributed by atoms with van der Waals surface area (Å²) in [6.45, 7) is 0. The molecule has 6 heteroatoms. The highest BCUT2D eigenvalue weighted by Crippen LogP contribution is 2.66. The Labute approximate surface area is 540 Å². The molecule has 0 amide bonds. The summed E-state index contributed by atoms with van der Waals surface area (Å²) in [5.74, 6) is 1.43. The Morgan fingerprint density at radius 3 is 1.46 bits per heavy atom. The second kappa shape index (κ2) is 22.2. The topological polar surface area (TPSA) is 22.2 Å². The van der Waals surface area contributed by atoms with Gasteiger partial charge in [-0.05, 0) is 148 Å². The van der Waals surface area contributed by atoms with Crippen LogP contribution in [0.1, 0.15) is 45.2 Å².